The van der Waals surface area contributed by atoms with Gasteiger partial charge in [0.2, 0.25) is 0 Å². The first-order valence-corrected chi connectivity index (χ1v) is 4.95. The third-order valence-corrected chi connectivity index (χ3v) is 2.70. The third kappa shape index (κ3) is 2.19. The minimum atomic E-state index is -1.21. The first kappa shape index (κ1) is 12.1. The molecular formula is C11H15ClO3. The number of ether oxygens (including phenoxy) is 1. The summed E-state index contributed by atoms with van der Waals surface area (Å²) >= 11 is 6.04. The van der Waals surface area contributed by atoms with Gasteiger partial charge in [-0.15, -0.1) is 0 Å². The van der Waals surface area contributed by atoms with Gasteiger partial charge < -0.3 is 14.9 Å². The van der Waals surface area contributed by atoms with E-state index in [1.807, 2.05) is 0 Å². The zero-order valence-corrected chi connectivity index (χ0v) is 10.0. The fraction of sp³-hybridized carbons (Fsp3) is 0.455. The maximum atomic E-state index is 9.90. The van der Waals surface area contributed by atoms with Crippen LogP contribution in [0.2, 0.25) is 5.02 Å². The number of aryl methyl sites for hydroxylation is 1. The summed E-state index contributed by atoms with van der Waals surface area (Å²) in [5, 5.41) is 20.1. The lowest BCUT2D eigenvalue weighted by Crippen LogP contribution is -2.17. The Hall–Kier alpha value is -0.930. The molecule has 2 N–H and O–H groups in total. The average molecular weight is 231 g/mol. The van der Waals surface area contributed by atoms with Crippen LogP contribution in [0.5, 0.6) is 11.5 Å². The van der Waals surface area contributed by atoms with Gasteiger partial charge in [-0.25, -0.2) is 0 Å². The zero-order chi connectivity index (χ0) is 11.8. The van der Waals surface area contributed by atoms with Crippen LogP contribution in [0.15, 0.2) is 6.07 Å². The molecule has 4 heteroatoms. The Morgan fingerprint density at radius 3 is 2.33 bits per heavy atom. The second-order valence-corrected chi connectivity index (χ2v) is 4.37. The molecule has 1 rings (SSSR count). The number of phenols is 1. The Morgan fingerprint density at radius 1 is 1.40 bits per heavy atom. The zero-order valence-electron chi connectivity index (χ0n) is 9.26. The van der Waals surface area contributed by atoms with Crippen molar-refractivity contribution in [3.05, 3.63) is 22.2 Å². The topological polar surface area (TPSA) is 49.7 Å². The van der Waals surface area contributed by atoms with Crippen molar-refractivity contribution in [1.82, 2.24) is 0 Å². The summed E-state index contributed by atoms with van der Waals surface area (Å²) in [6, 6.07) is 1.63. The van der Waals surface area contributed by atoms with Crippen LogP contribution in [0, 0.1) is 6.92 Å². The molecule has 0 aliphatic heterocycles. The lowest BCUT2D eigenvalue weighted by molar-refractivity contribution is 0.0754. The van der Waals surface area contributed by atoms with Crippen molar-refractivity contribution in [3.8, 4) is 11.5 Å². The van der Waals surface area contributed by atoms with Gasteiger partial charge in [0.05, 0.1) is 17.7 Å². The van der Waals surface area contributed by atoms with Crippen molar-refractivity contribution >= 4 is 11.6 Å². The van der Waals surface area contributed by atoms with E-state index >= 15 is 0 Å². The maximum Gasteiger partial charge on any atom is 0.165 e. The first-order valence-electron chi connectivity index (χ1n) is 4.58. The minimum Gasteiger partial charge on any atom is -0.504 e. The van der Waals surface area contributed by atoms with Crippen LogP contribution in [0.25, 0.3) is 0 Å². The number of rotatable bonds is 2. The monoisotopic (exact) mass is 230 g/mol. The van der Waals surface area contributed by atoms with Crippen molar-refractivity contribution < 1.29 is 14.9 Å². The van der Waals surface area contributed by atoms with E-state index in [1.54, 1.807) is 26.8 Å². The van der Waals surface area contributed by atoms with Gasteiger partial charge in [0.25, 0.3) is 0 Å². The van der Waals surface area contributed by atoms with Crippen molar-refractivity contribution in [2.75, 3.05) is 7.11 Å². The molecule has 0 amide bonds. The summed E-state index contributed by atoms with van der Waals surface area (Å²) in [5.41, 5.74) is -0.162. The SMILES string of the molecule is COc1cc(C)c(Cl)c(C(C)(C)O)c1O. The Labute approximate surface area is 94.3 Å². The van der Waals surface area contributed by atoms with Crippen LogP contribution in [-0.4, -0.2) is 17.3 Å². The van der Waals surface area contributed by atoms with E-state index in [2.05, 4.69) is 0 Å². The molecule has 15 heavy (non-hydrogen) atoms. The van der Waals surface area contributed by atoms with Crippen LogP contribution < -0.4 is 4.74 Å². The maximum absolute atomic E-state index is 9.90. The molecule has 1 aromatic carbocycles. The molecule has 1 aromatic rings. The van der Waals surface area contributed by atoms with Crippen LogP contribution in [-0.2, 0) is 5.60 Å². The quantitative estimate of drug-likeness (QED) is 0.821. The molecule has 0 atom stereocenters. The highest BCUT2D eigenvalue weighted by Gasteiger charge is 2.27. The fourth-order valence-electron chi connectivity index (χ4n) is 1.47. The second kappa shape index (κ2) is 3.91. The van der Waals surface area contributed by atoms with Gasteiger partial charge in [0.15, 0.2) is 11.5 Å². The summed E-state index contributed by atoms with van der Waals surface area (Å²) in [5.74, 6) is 0.203. The standard InChI is InChI=1S/C11H15ClO3/c1-6-5-7(15-4)10(13)8(9(6)12)11(2,3)14/h5,13-14H,1-4H3. The molecule has 0 bridgehead atoms. The van der Waals surface area contributed by atoms with E-state index in [1.165, 1.54) is 7.11 Å². The molecule has 0 aliphatic carbocycles. The van der Waals surface area contributed by atoms with Crippen molar-refractivity contribution in [2.45, 2.75) is 26.4 Å². The molecule has 0 saturated carbocycles. The third-order valence-electron chi connectivity index (χ3n) is 2.22. The molecule has 84 valence electrons. The average Bonchev–Trinajstić information content (AvgIpc) is 2.09. The predicted octanol–water partition coefficient (Wildman–Crippen LogP) is 2.59. The van der Waals surface area contributed by atoms with Crippen LogP contribution in [0.4, 0.5) is 0 Å². The molecule has 0 unspecified atom stereocenters. The molecule has 0 aliphatic rings. The Kier molecular flexibility index (Phi) is 3.16. The highest BCUT2D eigenvalue weighted by atomic mass is 35.5. The van der Waals surface area contributed by atoms with E-state index < -0.39 is 5.60 Å². The fourth-order valence-corrected chi connectivity index (χ4v) is 1.84. The van der Waals surface area contributed by atoms with Crippen LogP contribution >= 0.6 is 11.6 Å². The summed E-state index contributed by atoms with van der Waals surface area (Å²) < 4.78 is 5.00. The summed E-state index contributed by atoms with van der Waals surface area (Å²) in [4.78, 5) is 0. The highest BCUT2D eigenvalue weighted by molar-refractivity contribution is 6.32. The molecule has 0 heterocycles. The number of phenolic OH excluding ortho intramolecular Hbond substituents is 1. The largest absolute Gasteiger partial charge is 0.504 e. The molecule has 0 radical (unpaired) electrons. The number of aromatic hydroxyl groups is 1. The Bertz CT molecular complexity index is 380. The Morgan fingerprint density at radius 2 is 1.93 bits per heavy atom. The molecule has 0 aromatic heterocycles. The molecule has 0 spiro atoms. The van der Waals surface area contributed by atoms with E-state index in [4.69, 9.17) is 16.3 Å². The number of benzene rings is 1. The van der Waals surface area contributed by atoms with Crippen molar-refractivity contribution in [3.63, 3.8) is 0 Å². The lowest BCUT2D eigenvalue weighted by Gasteiger charge is -2.23. The number of methoxy groups -OCH3 is 1. The molecule has 0 saturated heterocycles. The van der Waals surface area contributed by atoms with E-state index in [9.17, 15) is 10.2 Å². The number of aliphatic hydroxyl groups is 1. The lowest BCUT2D eigenvalue weighted by atomic mass is 9.95. The van der Waals surface area contributed by atoms with Gasteiger partial charge in [-0.2, -0.15) is 0 Å². The predicted molar refractivity (Wildman–Crippen MR) is 59.7 cm³/mol. The van der Waals surface area contributed by atoms with Gasteiger partial charge >= 0.3 is 0 Å². The summed E-state index contributed by atoms with van der Waals surface area (Å²) in [6.07, 6.45) is 0. The molecular weight excluding hydrogens is 216 g/mol. The minimum absolute atomic E-state index is 0.111. The van der Waals surface area contributed by atoms with Crippen molar-refractivity contribution in [2.24, 2.45) is 0 Å². The van der Waals surface area contributed by atoms with Crippen molar-refractivity contribution in [1.29, 1.82) is 0 Å². The normalized spacial score (nSPS) is 11.6. The van der Waals surface area contributed by atoms with Crippen LogP contribution in [0.3, 0.4) is 0 Å². The van der Waals surface area contributed by atoms with E-state index in [-0.39, 0.29) is 5.75 Å². The highest BCUT2D eigenvalue weighted by Crippen LogP contribution is 2.42. The number of hydrogen-bond acceptors (Lipinski definition) is 3. The van der Waals surface area contributed by atoms with Gasteiger partial charge in [-0.05, 0) is 32.4 Å². The van der Waals surface area contributed by atoms with Gasteiger partial charge in [-0.3, -0.25) is 0 Å². The van der Waals surface area contributed by atoms with Crippen LogP contribution in [0.1, 0.15) is 25.0 Å². The number of hydrogen-bond donors (Lipinski definition) is 2. The Balaban J connectivity index is 3.55. The smallest absolute Gasteiger partial charge is 0.165 e. The summed E-state index contributed by atoms with van der Waals surface area (Å²) in [6.45, 7) is 4.92. The molecule has 0 fully saturated rings. The second-order valence-electron chi connectivity index (χ2n) is 3.99. The van der Waals surface area contributed by atoms with Gasteiger partial charge in [0, 0.05) is 5.56 Å². The number of halogens is 1. The summed E-state index contributed by atoms with van der Waals surface area (Å²) in [7, 11) is 1.45. The molecule has 3 nitrogen and oxygen atoms in total. The van der Waals surface area contributed by atoms with Gasteiger partial charge in [-0.1, -0.05) is 11.6 Å². The first-order chi connectivity index (χ1) is 6.79. The van der Waals surface area contributed by atoms with Gasteiger partial charge in [0.1, 0.15) is 0 Å². The van der Waals surface area contributed by atoms with E-state index in [0.29, 0.717) is 16.3 Å². The van der Waals surface area contributed by atoms with E-state index in [0.717, 1.165) is 5.56 Å².